The van der Waals surface area contributed by atoms with Gasteiger partial charge in [-0.15, -0.1) is 0 Å². The molecule has 1 N–H and O–H groups in total. The molecular formula is C14H27NO2. The van der Waals surface area contributed by atoms with Gasteiger partial charge in [0.15, 0.2) is 0 Å². The van der Waals surface area contributed by atoms with Crippen LogP contribution >= 0.6 is 0 Å². The Morgan fingerprint density at radius 2 is 1.82 bits per heavy atom. The first-order chi connectivity index (χ1) is 8.11. The molecule has 3 nitrogen and oxygen atoms in total. The number of nitrogens with one attached hydrogen (secondary N) is 1. The topological polar surface area (TPSA) is 30.5 Å². The lowest BCUT2D eigenvalue weighted by molar-refractivity contribution is -0.141. The molecule has 2 unspecified atom stereocenters. The van der Waals surface area contributed by atoms with Crippen molar-refractivity contribution in [2.45, 2.75) is 64.1 Å². The Kier molecular flexibility index (Phi) is 4.45. The summed E-state index contributed by atoms with van der Waals surface area (Å²) in [6.07, 6.45) is 4.45. The minimum absolute atomic E-state index is 0.116. The fourth-order valence-corrected chi connectivity index (χ4v) is 2.83. The Morgan fingerprint density at radius 1 is 1.12 bits per heavy atom. The van der Waals surface area contributed by atoms with Crippen LogP contribution in [-0.4, -0.2) is 37.5 Å². The molecular weight excluding hydrogens is 214 g/mol. The van der Waals surface area contributed by atoms with Crippen LogP contribution in [0.5, 0.6) is 0 Å². The van der Waals surface area contributed by atoms with Gasteiger partial charge in [0.05, 0.1) is 5.60 Å². The van der Waals surface area contributed by atoms with Gasteiger partial charge in [-0.25, -0.2) is 0 Å². The van der Waals surface area contributed by atoms with Crippen LogP contribution in [0.25, 0.3) is 0 Å². The Hall–Kier alpha value is -0.120. The Labute approximate surface area is 105 Å². The van der Waals surface area contributed by atoms with E-state index in [-0.39, 0.29) is 5.60 Å². The zero-order valence-electron chi connectivity index (χ0n) is 11.5. The third-order valence-electron chi connectivity index (χ3n) is 4.40. The van der Waals surface area contributed by atoms with Gasteiger partial charge in [0.1, 0.15) is 0 Å². The highest BCUT2D eigenvalue weighted by Crippen LogP contribution is 2.34. The quantitative estimate of drug-likeness (QED) is 0.822. The molecule has 0 saturated carbocycles. The number of hydrogen-bond acceptors (Lipinski definition) is 3. The summed E-state index contributed by atoms with van der Waals surface area (Å²) in [7, 11) is 0. The molecule has 2 atom stereocenters. The molecule has 0 amide bonds. The summed E-state index contributed by atoms with van der Waals surface area (Å²) in [6, 6.07) is 1.22. The maximum atomic E-state index is 6.06. The molecule has 2 aliphatic heterocycles. The van der Waals surface area contributed by atoms with Crippen LogP contribution in [0.3, 0.4) is 0 Å². The van der Waals surface area contributed by atoms with E-state index < -0.39 is 0 Å². The van der Waals surface area contributed by atoms with Crippen molar-refractivity contribution >= 4 is 0 Å². The van der Waals surface area contributed by atoms with E-state index in [2.05, 4.69) is 26.1 Å². The van der Waals surface area contributed by atoms with Gasteiger partial charge in [-0.2, -0.15) is 0 Å². The standard InChI is InChI=1S/C14H27NO2/c1-11(2)12(3)15-13-4-7-17-14(10-13)5-8-16-9-6-14/h11-13,15H,4-10H2,1-3H3. The molecule has 0 aliphatic carbocycles. The van der Waals surface area contributed by atoms with Crippen molar-refractivity contribution < 1.29 is 9.47 Å². The SMILES string of the molecule is CC(C)C(C)NC1CCOC2(CCOCC2)C1. The third kappa shape index (κ3) is 3.43. The second kappa shape index (κ2) is 5.68. The molecule has 2 fully saturated rings. The molecule has 17 heavy (non-hydrogen) atoms. The van der Waals surface area contributed by atoms with Crippen molar-refractivity contribution in [3.8, 4) is 0 Å². The van der Waals surface area contributed by atoms with Gasteiger partial charge < -0.3 is 14.8 Å². The molecule has 2 saturated heterocycles. The summed E-state index contributed by atoms with van der Waals surface area (Å²) in [5.74, 6) is 0.698. The second-order valence-corrected chi connectivity index (χ2v) is 6.03. The van der Waals surface area contributed by atoms with E-state index in [9.17, 15) is 0 Å². The van der Waals surface area contributed by atoms with Gasteiger partial charge in [-0.05, 0) is 38.5 Å². The van der Waals surface area contributed by atoms with Crippen molar-refractivity contribution in [1.29, 1.82) is 0 Å². The van der Waals surface area contributed by atoms with Crippen molar-refractivity contribution in [3.05, 3.63) is 0 Å². The fraction of sp³-hybridized carbons (Fsp3) is 1.00. The Balaban J connectivity index is 1.88. The van der Waals surface area contributed by atoms with E-state index in [0.29, 0.717) is 18.0 Å². The van der Waals surface area contributed by atoms with Gasteiger partial charge in [0, 0.05) is 31.9 Å². The largest absolute Gasteiger partial charge is 0.381 e. The zero-order chi connectivity index (χ0) is 12.3. The summed E-state index contributed by atoms with van der Waals surface area (Å²) in [5.41, 5.74) is 0.116. The minimum Gasteiger partial charge on any atom is -0.381 e. The van der Waals surface area contributed by atoms with E-state index in [0.717, 1.165) is 45.5 Å². The normalized spacial score (nSPS) is 30.7. The van der Waals surface area contributed by atoms with Crippen LogP contribution in [0.15, 0.2) is 0 Å². The van der Waals surface area contributed by atoms with Gasteiger partial charge in [0.25, 0.3) is 0 Å². The lowest BCUT2D eigenvalue weighted by Crippen LogP contribution is -2.52. The summed E-state index contributed by atoms with van der Waals surface area (Å²) in [5, 5.41) is 3.77. The van der Waals surface area contributed by atoms with Crippen LogP contribution in [0.1, 0.15) is 46.5 Å². The molecule has 0 aromatic rings. The number of ether oxygens (including phenoxy) is 2. The number of hydrogen-bond donors (Lipinski definition) is 1. The summed E-state index contributed by atoms with van der Waals surface area (Å²) >= 11 is 0. The molecule has 0 bridgehead atoms. The first-order valence-electron chi connectivity index (χ1n) is 7.09. The van der Waals surface area contributed by atoms with E-state index in [4.69, 9.17) is 9.47 Å². The lowest BCUT2D eigenvalue weighted by Gasteiger charge is -2.44. The summed E-state index contributed by atoms with van der Waals surface area (Å²) in [6.45, 7) is 9.49. The molecule has 0 aromatic carbocycles. The molecule has 2 rings (SSSR count). The molecule has 0 aromatic heterocycles. The Bertz CT molecular complexity index is 231. The highest BCUT2D eigenvalue weighted by molar-refractivity contribution is 4.92. The van der Waals surface area contributed by atoms with Crippen molar-refractivity contribution in [2.24, 2.45) is 5.92 Å². The van der Waals surface area contributed by atoms with Gasteiger partial charge in [-0.1, -0.05) is 13.8 Å². The molecule has 1 spiro atoms. The molecule has 2 heterocycles. The second-order valence-electron chi connectivity index (χ2n) is 6.03. The fourth-order valence-electron chi connectivity index (χ4n) is 2.83. The van der Waals surface area contributed by atoms with Crippen LogP contribution in [0.4, 0.5) is 0 Å². The minimum atomic E-state index is 0.116. The predicted octanol–water partition coefficient (Wildman–Crippen LogP) is 2.35. The van der Waals surface area contributed by atoms with Crippen molar-refractivity contribution in [2.75, 3.05) is 19.8 Å². The maximum absolute atomic E-state index is 6.06. The van der Waals surface area contributed by atoms with Crippen LogP contribution in [-0.2, 0) is 9.47 Å². The van der Waals surface area contributed by atoms with E-state index in [1.165, 1.54) is 0 Å². The first-order valence-corrected chi connectivity index (χ1v) is 7.09. The van der Waals surface area contributed by atoms with Gasteiger partial charge in [-0.3, -0.25) is 0 Å². The van der Waals surface area contributed by atoms with Crippen molar-refractivity contribution in [1.82, 2.24) is 5.32 Å². The molecule has 2 aliphatic rings. The Morgan fingerprint density at radius 3 is 2.47 bits per heavy atom. The van der Waals surface area contributed by atoms with Crippen molar-refractivity contribution in [3.63, 3.8) is 0 Å². The summed E-state index contributed by atoms with van der Waals surface area (Å²) in [4.78, 5) is 0. The first kappa shape index (κ1) is 13.3. The zero-order valence-corrected chi connectivity index (χ0v) is 11.5. The van der Waals surface area contributed by atoms with Gasteiger partial charge >= 0.3 is 0 Å². The maximum Gasteiger partial charge on any atom is 0.0741 e. The lowest BCUT2D eigenvalue weighted by atomic mass is 9.83. The highest BCUT2D eigenvalue weighted by Gasteiger charge is 2.39. The predicted molar refractivity (Wildman–Crippen MR) is 69.2 cm³/mol. The summed E-state index contributed by atoms with van der Waals surface area (Å²) < 4.78 is 11.5. The average molecular weight is 241 g/mol. The van der Waals surface area contributed by atoms with Crippen LogP contribution in [0.2, 0.25) is 0 Å². The van der Waals surface area contributed by atoms with Crippen LogP contribution in [0, 0.1) is 5.92 Å². The third-order valence-corrected chi connectivity index (χ3v) is 4.40. The smallest absolute Gasteiger partial charge is 0.0741 e. The monoisotopic (exact) mass is 241 g/mol. The van der Waals surface area contributed by atoms with E-state index in [1.54, 1.807) is 0 Å². The van der Waals surface area contributed by atoms with E-state index in [1.807, 2.05) is 0 Å². The molecule has 0 radical (unpaired) electrons. The van der Waals surface area contributed by atoms with Crippen LogP contribution < -0.4 is 5.32 Å². The van der Waals surface area contributed by atoms with Gasteiger partial charge in [0.2, 0.25) is 0 Å². The molecule has 100 valence electrons. The number of rotatable bonds is 3. The molecule has 3 heteroatoms. The van der Waals surface area contributed by atoms with E-state index >= 15 is 0 Å². The average Bonchev–Trinajstić information content (AvgIpc) is 2.30. The highest BCUT2D eigenvalue weighted by atomic mass is 16.5.